The molecule has 1 saturated heterocycles. The van der Waals surface area contributed by atoms with E-state index in [4.69, 9.17) is 9.47 Å². The minimum absolute atomic E-state index is 0.0209. The molecule has 1 atom stereocenters. The molecule has 24 heavy (non-hydrogen) atoms. The van der Waals surface area contributed by atoms with Gasteiger partial charge in [0.15, 0.2) is 5.54 Å². The van der Waals surface area contributed by atoms with E-state index >= 15 is 0 Å². The van der Waals surface area contributed by atoms with Crippen LogP contribution in [0.1, 0.15) is 26.7 Å². The molecule has 134 valence electrons. The Morgan fingerprint density at radius 3 is 2.46 bits per heavy atom. The molecule has 0 bridgehead atoms. The Kier molecular flexibility index (Phi) is 5.52. The van der Waals surface area contributed by atoms with E-state index in [2.05, 4.69) is 0 Å². The molecule has 0 aliphatic carbocycles. The van der Waals surface area contributed by atoms with Gasteiger partial charge in [-0.25, -0.2) is 8.42 Å². The maximum atomic E-state index is 12.9. The van der Waals surface area contributed by atoms with Crippen LogP contribution in [0.3, 0.4) is 0 Å². The molecule has 1 aromatic rings. The number of ether oxygens (including phenoxy) is 2. The van der Waals surface area contributed by atoms with Crippen LogP contribution in [-0.2, 0) is 19.6 Å². The molecule has 7 nitrogen and oxygen atoms in total. The third-order valence-electron chi connectivity index (χ3n) is 3.99. The summed E-state index contributed by atoms with van der Waals surface area (Å²) in [5, 5.41) is 9.61. The maximum absolute atomic E-state index is 12.9. The monoisotopic (exact) mass is 357 g/mol. The number of hydrogen-bond donors (Lipinski definition) is 1. The molecule has 0 aromatic heterocycles. The van der Waals surface area contributed by atoms with E-state index in [1.807, 2.05) is 13.8 Å². The second-order valence-corrected chi connectivity index (χ2v) is 7.95. The van der Waals surface area contributed by atoms with Crippen molar-refractivity contribution in [2.45, 2.75) is 43.2 Å². The molecule has 1 fully saturated rings. The van der Waals surface area contributed by atoms with E-state index in [0.717, 1.165) is 4.31 Å². The number of carbonyl (C=O) groups is 1. The first-order chi connectivity index (χ1) is 11.2. The summed E-state index contributed by atoms with van der Waals surface area (Å²) in [7, 11) is -2.57. The van der Waals surface area contributed by atoms with Crippen molar-refractivity contribution >= 4 is 16.0 Å². The lowest BCUT2D eigenvalue weighted by Crippen LogP contribution is -2.55. The van der Waals surface area contributed by atoms with Crippen LogP contribution in [0.4, 0.5) is 0 Å². The van der Waals surface area contributed by atoms with E-state index in [1.165, 1.54) is 19.2 Å². The lowest BCUT2D eigenvalue weighted by atomic mass is 9.99. The molecule has 1 heterocycles. The van der Waals surface area contributed by atoms with Crippen LogP contribution in [0.2, 0.25) is 0 Å². The first-order valence-corrected chi connectivity index (χ1v) is 9.20. The standard InChI is InChI=1S/C16H23NO6S/c1-12(2)23-13-5-7-14(8-6-13)24(20,21)17-10-4-9-16(17,11-22-3)15(18)19/h5-8,12H,4,9-11H2,1-3H3,(H,18,19). The Balaban J connectivity index is 2.36. The highest BCUT2D eigenvalue weighted by Crippen LogP contribution is 2.35. The number of carboxylic acid groups (broad SMARTS) is 1. The average molecular weight is 357 g/mol. The number of methoxy groups -OCH3 is 1. The number of nitrogens with zero attached hydrogens (tertiary/aromatic N) is 1. The molecule has 0 spiro atoms. The average Bonchev–Trinajstić information content (AvgIpc) is 2.93. The number of aliphatic carboxylic acids is 1. The first-order valence-electron chi connectivity index (χ1n) is 7.76. The van der Waals surface area contributed by atoms with Gasteiger partial charge in [0.25, 0.3) is 0 Å². The van der Waals surface area contributed by atoms with Crippen molar-refractivity contribution in [1.82, 2.24) is 4.31 Å². The van der Waals surface area contributed by atoms with E-state index in [1.54, 1.807) is 12.1 Å². The number of benzene rings is 1. The second kappa shape index (κ2) is 7.08. The summed E-state index contributed by atoms with van der Waals surface area (Å²) >= 11 is 0. The third kappa shape index (κ3) is 3.40. The Bertz CT molecular complexity index is 685. The van der Waals surface area contributed by atoms with Gasteiger partial charge in [0.1, 0.15) is 5.75 Å². The third-order valence-corrected chi connectivity index (χ3v) is 5.97. The van der Waals surface area contributed by atoms with Gasteiger partial charge >= 0.3 is 5.97 Å². The summed E-state index contributed by atoms with van der Waals surface area (Å²) in [6.45, 7) is 3.72. The highest BCUT2D eigenvalue weighted by atomic mass is 32.2. The van der Waals surface area contributed by atoms with Crippen molar-refractivity contribution < 1.29 is 27.8 Å². The van der Waals surface area contributed by atoms with Crippen molar-refractivity contribution in [3.8, 4) is 5.75 Å². The van der Waals surface area contributed by atoms with Gasteiger partial charge in [-0.2, -0.15) is 4.31 Å². The normalized spacial score (nSPS) is 22.0. The zero-order chi connectivity index (χ0) is 18.0. The van der Waals surface area contributed by atoms with Gasteiger partial charge in [0.2, 0.25) is 10.0 Å². The fourth-order valence-electron chi connectivity index (χ4n) is 2.95. The van der Waals surface area contributed by atoms with Crippen LogP contribution in [-0.4, -0.2) is 55.7 Å². The molecule has 0 radical (unpaired) electrons. The van der Waals surface area contributed by atoms with Crippen LogP contribution in [0, 0.1) is 0 Å². The molecule has 2 rings (SSSR count). The highest BCUT2D eigenvalue weighted by Gasteiger charge is 2.53. The summed E-state index contributed by atoms with van der Waals surface area (Å²) in [6.07, 6.45) is 0.681. The quantitative estimate of drug-likeness (QED) is 0.799. The number of sulfonamides is 1. The molecule has 1 aliphatic heterocycles. The number of carboxylic acids is 1. The maximum Gasteiger partial charge on any atom is 0.327 e. The number of hydrogen-bond acceptors (Lipinski definition) is 5. The zero-order valence-corrected chi connectivity index (χ0v) is 14.9. The van der Waals surface area contributed by atoms with E-state index in [-0.39, 0.29) is 30.6 Å². The summed E-state index contributed by atoms with van der Waals surface area (Å²) in [4.78, 5) is 11.8. The molecule has 0 saturated carbocycles. The minimum atomic E-state index is -3.94. The lowest BCUT2D eigenvalue weighted by Gasteiger charge is -2.33. The fraction of sp³-hybridized carbons (Fsp3) is 0.562. The largest absolute Gasteiger partial charge is 0.491 e. The highest BCUT2D eigenvalue weighted by molar-refractivity contribution is 7.89. The van der Waals surface area contributed by atoms with Gasteiger partial charge < -0.3 is 14.6 Å². The van der Waals surface area contributed by atoms with Crippen molar-refractivity contribution in [3.63, 3.8) is 0 Å². The minimum Gasteiger partial charge on any atom is -0.491 e. The molecule has 1 aromatic carbocycles. The van der Waals surface area contributed by atoms with Gasteiger partial charge in [0, 0.05) is 13.7 Å². The van der Waals surface area contributed by atoms with Crippen molar-refractivity contribution in [2.75, 3.05) is 20.3 Å². The van der Waals surface area contributed by atoms with Gasteiger partial charge in [-0.05, 0) is 51.0 Å². The van der Waals surface area contributed by atoms with Crippen molar-refractivity contribution in [3.05, 3.63) is 24.3 Å². The van der Waals surface area contributed by atoms with Crippen LogP contribution in [0.5, 0.6) is 5.75 Å². The smallest absolute Gasteiger partial charge is 0.327 e. The number of rotatable bonds is 7. The van der Waals surface area contributed by atoms with Crippen molar-refractivity contribution in [1.29, 1.82) is 0 Å². The molecular formula is C16H23NO6S. The van der Waals surface area contributed by atoms with Gasteiger partial charge in [0.05, 0.1) is 17.6 Å². The van der Waals surface area contributed by atoms with Crippen LogP contribution in [0.15, 0.2) is 29.2 Å². The topological polar surface area (TPSA) is 93.1 Å². The van der Waals surface area contributed by atoms with Gasteiger partial charge in [-0.15, -0.1) is 0 Å². The summed E-state index contributed by atoms with van der Waals surface area (Å²) < 4.78 is 37.4. The van der Waals surface area contributed by atoms with Gasteiger partial charge in [-0.3, -0.25) is 4.79 Å². The Morgan fingerprint density at radius 1 is 1.33 bits per heavy atom. The Hall–Kier alpha value is -1.64. The lowest BCUT2D eigenvalue weighted by molar-refractivity contribution is -0.150. The van der Waals surface area contributed by atoms with E-state index in [9.17, 15) is 18.3 Å². The molecule has 1 N–H and O–H groups in total. The molecule has 1 unspecified atom stereocenters. The molecule has 1 aliphatic rings. The summed E-state index contributed by atoms with van der Waals surface area (Å²) in [5.74, 6) is -0.628. The van der Waals surface area contributed by atoms with E-state index in [0.29, 0.717) is 12.2 Å². The Labute approximate surface area is 142 Å². The molecular weight excluding hydrogens is 334 g/mol. The first kappa shape index (κ1) is 18.7. The predicted octanol–water partition coefficient (Wildman–Crippen LogP) is 1.73. The fourth-order valence-corrected chi connectivity index (χ4v) is 4.74. The van der Waals surface area contributed by atoms with Gasteiger partial charge in [-0.1, -0.05) is 0 Å². The van der Waals surface area contributed by atoms with E-state index < -0.39 is 21.5 Å². The second-order valence-electron chi connectivity index (χ2n) is 6.09. The summed E-state index contributed by atoms with van der Waals surface area (Å²) in [6, 6.07) is 6.01. The Morgan fingerprint density at radius 2 is 1.96 bits per heavy atom. The molecule has 8 heteroatoms. The van der Waals surface area contributed by atoms with Crippen LogP contribution >= 0.6 is 0 Å². The zero-order valence-electron chi connectivity index (χ0n) is 14.1. The van der Waals surface area contributed by atoms with Crippen LogP contribution in [0.25, 0.3) is 0 Å². The summed E-state index contributed by atoms with van der Waals surface area (Å²) in [5.41, 5.74) is -1.55. The van der Waals surface area contributed by atoms with Crippen molar-refractivity contribution in [2.24, 2.45) is 0 Å². The van der Waals surface area contributed by atoms with Crippen LogP contribution < -0.4 is 4.74 Å². The SMILES string of the molecule is COCC1(C(=O)O)CCCN1S(=O)(=O)c1ccc(OC(C)C)cc1. The molecule has 0 amide bonds. The predicted molar refractivity (Wildman–Crippen MR) is 87.6 cm³/mol.